The summed E-state index contributed by atoms with van der Waals surface area (Å²) in [5, 5.41) is 16.1. The summed E-state index contributed by atoms with van der Waals surface area (Å²) in [7, 11) is 0. The Morgan fingerprint density at radius 2 is 1.78 bits per heavy atom. The number of carbonyl (C=O) groups excluding carboxylic acids is 1. The van der Waals surface area contributed by atoms with Gasteiger partial charge in [-0.15, -0.1) is 0 Å². The molecule has 36 heavy (non-hydrogen) atoms. The van der Waals surface area contributed by atoms with Crippen LogP contribution in [0.3, 0.4) is 0 Å². The van der Waals surface area contributed by atoms with Crippen LogP contribution in [-0.2, 0) is 0 Å². The minimum atomic E-state index is -0.378. The molecule has 1 saturated heterocycles. The third-order valence-electron chi connectivity index (χ3n) is 7.30. The summed E-state index contributed by atoms with van der Waals surface area (Å²) in [5.41, 5.74) is 2.40. The lowest BCUT2D eigenvalue weighted by Gasteiger charge is -2.28. The van der Waals surface area contributed by atoms with E-state index in [9.17, 15) is 14.7 Å². The highest BCUT2D eigenvalue weighted by atomic mass is 16.3. The number of aromatic amines is 1. The van der Waals surface area contributed by atoms with Crippen molar-refractivity contribution in [2.45, 2.75) is 50.5 Å². The number of pyridine rings is 2. The molecule has 8 heteroatoms. The Balaban J connectivity index is 1.31. The second-order valence-corrected chi connectivity index (χ2v) is 9.86. The Labute approximate surface area is 210 Å². The number of piperidine rings is 1. The Morgan fingerprint density at radius 1 is 1.03 bits per heavy atom. The second kappa shape index (κ2) is 10.5. The number of benzene rings is 1. The van der Waals surface area contributed by atoms with Gasteiger partial charge in [0.25, 0.3) is 11.5 Å². The van der Waals surface area contributed by atoms with Gasteiger partial charge in [-0.05, 0) is 74.6 Å². The third-order valence-corrected chi connectivity index (χ3v) is 7.30. The van der Waals surface area contributed by atoms with Crippen molar-refractivity contribution in [1.29, 1.82) is 0 Å². The largest absolute Gasteiger partial charge is 0.394 e. The number of hydrogen-bond donors (Lipinski definition) is 4. The quantitative estimate of drug-likeness (QED) is 0.393. The first-order valence-electron chi connectivity index (χ1n) is 12.8. The van der Waals surface area contributed by atoms with E-state index in [4.69, 9.17) is 4.98 Å². The summed E-state index contributed by atoms with van der Waals surface area (Å²) in [6, 6.07) is 14.8. The molecule has 2 fully saturated rings. The molecule has 0 spiro atoms. The van der Waals surface area contributed by atoms with Gasteiger partial charge in [0, 0.05) is 36.1 Å². The molecule has 3 heterocycles. The average molecular weight is 488 g/mol. The molecule has 1 aliphatic heterocycles. The third kappa shape index (κ3) is 5.28. The van der Waals surface area contributed by atoms with E-state index >= 15 is 0 Å². The van der Waals surface area contributed by atoms with Crippen molar-refractivity contribution < 1.29 is 9.90 Å². The Kier molecular flexibility index (Phi) is 7.04. The van der Waals surface area contributed by atoms with Crippen LogP contribution in [0.1, 0.15) is 55.3 Å². The van der Waals surface area contributed by atoms with Gasteiger partial charge in [0.2, 0.25) is 0 Å². The van der Waals surface area contributed by atoms with Crippen molar-refractivity contribution in [3.05, 3.63) is 70.6 Å². The van der Waals surface area contributed by atoms with Gasteiger partial charge < -0.3 is 25.6 Å². The second-order valence-electron chi connectivity index (χ2n) is 9.86. The number of anilines is 3. The molecule has 2 aromatic heterocycles. The molecular weight excluding hydrogens is 454 g/mol. The van der Waals surface area contributed by atoms with Gasteiger partial charge >= 0.3 is 0 Å². The summed E-state index contributed by atoms with van der Waals surface area (Å²) in [6.45, 7) is 2.14. The molecule has 0 radical (unpaired) electrons. The Morgan fingerprint density at radius 3 is 2.50 bits per heavy atom. The predicted octanol–water partition coefficient (Wildman–Crippen LogP) is 4.40. The molecule has 1 amide bonds. The number of carbonyl (C=O) groups is 1. The maximum absolute atomic E-state index is 12.9. The van der Waals surface area contributed by atoms with Crippen molar-refractivity contribution in [1.82, 2.24) is 9.97 Å². The molecule has 1 saturated carbocycles. The zero-order valence-electron chi connectivity index (χ0n) is 20.4. The van der Waals surface area contributed by atoms with Crippen molar-refractivity contribution in [2.24, 2.45) is 0 Å². The number of amides is 1. The van der Waals surface area contributed by atoms with E-state index in [1.54, 1.807) is 24.4 Å². The van der Waals surface area contributed by atoms with Crippen LogP contribution < -0.4 is 21.1 Å². The number of hydrogen-bond acceptors (Lipinski definition) is 6. The zero-order chi connectivity index (χ0) is 25.0. The van der Waals surface area contributed by atoms with Gasteiger partial charge in [-0.25, -0.2) is 4.98 Å². The van der Waals surface area contributed by atoms with Crippen molar-refractivity contribution in [2.75, 3.05) is 35.2 Å². The van der Waals surface area contributed by atoms with Gasteiger partial charge in [-0.3, -0.25) is 9.59 Å². The van der Waals surface area contributed by atoms with E-state index in [1.807, 2.05) is 30.3 Å². The van der Waals surface area contributed by atoms with E-state index in [-0.39, 0.29) is 29.3 Å². The van der Waals surface area contributed by atoms with Crippen LogP contribution >= 0.6 is 0 Å². The zero-order valence-corrected chi connectivity index (χ0v) is 20.4. The molecule has 0 bridgehead atoms. The smallest absolute Gasteiger partial charge is 0.271 e. The molecule has 5 rings (SSSR count). The first-order chi connectivity index (χ1) is 17.5. The van der Waals surface area contributed by atoms with Gasteiger partial charge in [0.05, 0.1) is 17.8 Å². The molecule has 188 valence electrons. The lowest BCUT2D eigenvalue weighted by Crippen LogP contribution is -2.39. The van der Waals surface area contributed by atoms with Gasteiger partial charge in [-0.2, -0.15) is 0 Å². The number of aromatic nitrogens is 2. The fourth-order valence-electron chi connectivity index (χ4n) is 5.21. The molecular formula is C28H33N5O3. The minimum absolute atomic E-state index is 0.0623. The topological polar surface area (TPSA) is 110 Å². The fraction of sp³-hybridized carbons (Fsp3) is 0.393. The van der Waals surface area contributed by atoms with E-state index in [1.165, 1.54) is 19.3 Å². The SMILES string of the molecule is O=C(Nc1cc(-c2cccc(NC3(CO)CCCC3)n2)c[nH]c1=O)c1ccc(N2CCCCC2)cc1. The average Bonchev–Trinajstić information content (AvgIpc) is 3.39. The summed E-state index contributed by atoms with van der Waals surface area (Å²) in [6.07, 6.45) is 9.22. The van der Waals surface area contributed by atoms with Crippen LogP contribution in [0.15, 0.2) is 59.5 Å². The Bertz CT molecular complexity index is 1260. The number of rotatable bonds is 7. The standard InChI is InChI=1S/C28H33N5O3/c34-19-28(13-2-3-14-28)32-25-8-6-7-23(30-25)21-17-24(27(36)29-18-21)31-26(35)20-9-11-22(12-10-20)33-15-4-1-5-16-33/h6-12,17-18,34H,1-5,13-16,19H2,(H,29,36)(H,30,32)(H,31,35). The van der Waals surface area contributed by atoms with Crippen LogP contribution in [-0.4, -0.2) is 46.2 Å². The number of aliphatic hydroxyl groups excluding tert-OH is 1. The van der Waals surface area contributed by atoms with Gasteiger partial charge in [0.15, 0.2) is 0 Å². The summed E-state index contributed by atoms with van der Waals surface area (Å²) in [4.78, 5) is 35.1. The molecule has 3 aromatic rings. The molecule has 1 aliphatic carbocycles. The number of aliphatic hydroxyl groups is 1. The number of H-pyrrole nitrogens is 1. The lowest BCUT2D eigenvalue weighted by molar-refractivity contribution is 0.102. The fourth-order valence-corrected chi connectivity index (χ4v) is 5.21. The van der Waals surface area contributed by atoms with Crippen LogP contribution in [0.2, 0.25) is 0 Å². The summed E-state index contributed by atoms with van der Waals surface area (Å²) < 4.78 is 0. The molecule has 4 N–H and O–H groups in total. The van der Waals surface area contributed by atoms with Crippen LogP contribution in [0.5, 0.6) is 0 Å². The first-order valence-corrected chi connectivity index (χ1v) is 12.8. The first kappa shape index (κ1) is 24.1. The highest BCUT2D eigenvalue weighted by Gasteiger charge is 2.33. The van der Waals surface area contributed by atoms with E-state index < -0.39 is 0 Å². The Hall–Kier alpha value is -3.65. The highest BCUT2D eigenvalue weighted by molar-refractivity contribution is 6.04. The molecule has 1 aromatic carbocycles. The highest BCUT2D eigenvalue weighted by Crippen LogP contribution is 2.33. The molecule has 8 nitrogen and oxygen atoms in total. The van der Waals surface area contributed by atoms with E-state index in [0.29, 0.717) is 22.6 Å². The van der Waals surface area contributed by atoms with Gasteiger partial charge in [0.1, 0.15) is 11.5 Å². The summed E-state index contributed by atoms with van der Waals surface area (Å²) in [5.74, 6) is 0.339. The molecule has 2 aliphatic rings. The van der Waals surface area contributed by atoms with E-state index in [0.717, 1.165) is 44.5 Å². The van der Waals surface area contributed by atoms with Crippen molar-refractivity contribution >= 4 is 23.1 Å². The number of nitrogens with zero attached hydrogens (tertiary/aromatic N) is 2. The summed E-state index contributed by atoms with van der Waals surface area (Å²) >= 11 is 0. The maximum atomic E-state index is 12.9. The monoisotopic (exact) mass is 487 g/mol. The number of nitrogens with one attached hydrogen (secondary N) is 3. The van der Waals surface area contributed by atoms with E-state index in [2.05, 4.69) is 20.5 Å². The van der Waals surface area contributed by atoms with Crippen molar-refractivity contribution in [3.8, 4) is 11.3 Å². The molecule has 0 unspecified atom stereocenters. The molecule has 0 atom stereocenters. The van der Waals surface area contributed by atoms with Crippen LogP contribution in [0, 0.1) is 0 Å². The van der Waals surface area contributed by atoms with Crippen LogP contribution in [0.4, 0.5) is 17.2 Å². The van der Waals surface area contributed by atoms with Crippen molar-refractivity contribution in [3.63, 3.8) is 0 Å². The normalized spacial score (nSPS) is 17.1. The van der Waals surface area contributed by atoms with Crippen LogP contribution in [0.25, 0.3) is 11.3 Å². The minimum Gasteiger partial charge on any atom is -0.394 e. The maximum Gasteiger partial charge on any atom is 0.271 e. The lowest BCUT2D eigenvalue weighted by atomic mass is 9.99. The van der Waals surface area contributed by atoms with Gasteiger partial charge in [-0.1, -0.05) is 18.9 Å². The predicted molar refractivity (Wildman–Crippen MR) is 143 cm³/mol.